The quantitative estimate of drug-likeness (QED) is 0.739. The highest BCUT2D eigenvalue weighted by atomic mass is 35.5. The number of thiophene rings is 1. The van der Waals surface area contributed by atoms with E-state index in [1.54, 1.807) is 11.3 Å². The van der Waals surface area contributed by atoms with Crippen molar-refractivity contribution in [3.05, 3.63) is 46.1 Å². The highest BCUT2D eigenvalue weighted by molar-refractivity contribution is 7.18. The van der Waals surface area contributed by atoms with E-state index in [4.69, 9.17) is 21.4 Å². The molecular formula is C15H13ClN2O2S. The normalized spacial score (nSPS) is 11.0. The lowest BCUT2D eigenvalue weighted by atomic mass is 10.1. The van der Waals surface area contributed by atoms with Crippen LogP contribution in [0.4, 0.5) is 0 Å². The largest absolute Gasteiger partial charge is 0.438 e. The number of aromatic nitrogens is 2. The Morgan fingerprint density at radius 3 is 2.71 bits per heavy atom. The van der Waals surface area contributed by atoms with Crippen LogP contribution >= 0.6 is 22.9 Å². The highest BCUT2D eigenvalue weighted by Gasteiger charge is 2.11. The summed E-state index contributed by atoms with van der Waals surface area (Å²) in [5.41, 5.74) is 1.06. The van der Waals surface area contributed by atoms with Crippen molar-refractivity contribution in [2.45, 2.75) is 13.3 Å². The monoisotopic (exact) mass is 320 g/mol. The minimum atomic E-state index is 0.135. The molecule has 0 spiro atoms. The molecule has 2 heterocycles. The Hall–Kier alpha value is -1.69. The Morgan fingerprint density at radius 2 is 2.00 bits per heavy atom. The van der Waals surface area contributed by atoms with E-state index >= 15 is 0 Å². The Labute approximate surface area is 131 Å². The third-order valence-corrected chi connectivity index (χ3v) is 4.11. The van der Waals surface area contributed by atoms with Crippen LogP contribution in [0, 0.1) is 6.92 Å². The molecule has 0 amide bonds. The predicted octanol–water partition coefficient (Wildman–Crippen LogP) is 3.98. The van der Waals surface area contributed by atoms with E-state index in [9.17, 15) is 0 Å². The summed E-state index contributed by atoms with van der Waals surface area (Å²) >= 11 is 7.50. The summed E-state index contributed by atoms with van der Waals surface area (Å²) in [6.45, 7) is 2.14. The molecule has 21 heavy (non-hydrogen) atoms. The van der Waals surface area contributed by atoms with E-state index in [-0.39, 0.29) is 11.9 Å². The molecule has 0 atom stereocenters. The second kappa shape index (κ2) is 5.97. The first-order chi connectivity index (χ1) is 10.2. The van der Waals surface area contributed by atoms with E-state index in [2.05, 4.69) is 9.97 Å². The molecule has 0 bridgehead atoms. The number of nitrogens with zero attached hydrogens (tertiary/aromatic N) is 2. The Balaban J connectivity index is 1.93. The SMILES string of the molecule is Cc1cc2c(Oc3ccc(CCO)cc3)nc(Cl)nc2s1. The lowest BCUT2D eigenvalue weighted by Crippen LogP contribution is -1.93. The van der Waals surface area contributed by atoms with Gasteiger partial charge in [0.25, 0.3) is 0 Å². The minimum absolute atomic E-state index is 0.135. The van der Waals surface area contributed by atoms with Crippen LogP contribution in [0.5, 0.6) is 11.6 Å². The first-order valence-corrected chi connectivity index (χ1v) is 7.66. The molecule has 0 saturated carbocycles. The molecule has 3 rings (SSSR count). The second-order valence-corrected chi connectivity index (χ2v) is 6.17. The number of hydrogen-bond donors (Lipinski definition) is 1. The molecule has 6 heteroatoms. The minimum Gasteiger partial charge on any atom is -0.438 e. The summed E-state index contributed by atoms with van der Waals surface area (Å²) in [7, 11) is 0. The van der Waals surface area contributed by atoms with Gasteiger partial charge in [0.15, 0.2) is 0 Å². The average molecular weight is 321 g/mol. The third kappa shape index (κ3) is 3.15. The van der Waals surface area contributed by atoms with Crippen LogP contribution in [0.25, 0.3) is 10.2 Å². The molecule has 1 N–H and O–H groups in total. The van der Waals surface area contributed by atoms with Crippen LogP contribution in [0.1, 0.15) is 10.4 Å². The number of benzene rings is 1. The van der Waals surface area contributed by atoms with Crippen molar-refractivity contribution in [2.24, 2.45) is 0 Å². The third-order valence-electron chi connectivity index (χ3n) is 2.99. The Kier molecular flexibility index (Phi) is 4.05. The van der Waals surface area contributed by atoms with Gasteiger partial charge in [0, 0.05) is 11.5 Å². The summed E-state index contributed by atoms with van der Waals surface area (Å²) in [6, 6.07) is 9.54. The van der Waals surface area contributed by atoms with Crippen molar-refractivity contribution in [1.82, 2.24) is 9.97 Å². The molecule has 0 fully saturated rings. The van der Waals surface area contributed by atoms with E-state index in [0.717, 1.165) is 20.7 Å². The van der Waals surface area contributed by atoms with Gasteiger partial charge in [0.1, 0.15) is 10.6 Å². The van der Waals surface area contributed by atoms with Crippen molar-refractivity contribution in [3.8, 4) is 11.6 Å². The summed E-state index contributed by atoms with van der Waals surface area (Å²) in [4.78, 5) is 10.3. The van der Waals surface area contributed by atoms with Crippen molar-refractivity contribution in [2.75, 3.05) is 6.61 Å². The fraction of sp³-hybridized carbons (Fsp3) is 0.200. The predicted molar refractivity (Wildman–Crippen MR) is 84.5 cm³/mol. The number of fused-ring (bicyclic) bond motifs is 1. The average Bonchev–Trinajstić information content (AvgIpc) is 2.81. The first kappa shape index (κ1) is 14.3. The fourth-order valence-electron chi connectivity index (χ4n) is 2.03. The molecule has 0 aliphatic rings. The van der Waals surface area contributed by atoms with Gasteiger partial charge >= 0.3 is 0 Å². The van der Waals surface area contributed by atoms with Crippen molar-refractivity contribution < 1.29 is 9.84 Å². The standard InChI is InChI=1S/C15H13ClN2O2S/c1-9-8-12-13(17-15(16)18-14(12)21-9)20-11-4-2-10(3-5-11)6-7-19/h2-5,8,19H,6-7H2,1H3. The number of aliphatic hydroxyl groups excluding tert-OH is 1. The molecule has 1 aromatic carbocycles. The van der Waals surface area contributed by atoms with E-state index < -0.39 is 0 Å². The zero-order valence-electron chi connectivity index (χ0n) is 11.3. The smallest absolute Gasteiger partial charge is 0.232 e. The van der Waals surface area contributed by atoms with Gasteiger partial charge in [0.05, 0.1) is 5.39 Å². The Morgan fingerprint density at radius 1 is 1.24 bits per heavy atom. The van der Waals surface area contributed by atoms with Crippen molar-refractivity contribution >= 4 is 33.2 Å². The molecular weight excluding hydrogens is 308 g/mol. The van der Waals surface area contributed by atoms with Crippen molar-refractivity contribution in [1.29, 1.82) is 0 Å². The van der Waals surface area contributed by atoms with E-state index in [1.165, 1.54) is 0 Å². The summed E-state index contributed by atoms with van der Waals surface area (Å²) in [5, 5.41) is 9.95. The van der Waals surface area contributed by atoms with Crippen LogP contribution in [-0.2, 0) is 6.42 Å². The Bertz CT molecular complexity index is 771. The second-order valence-electron chi connectivity index (χ2n) is 4.59. The number of aliphatic hydroxyl groups is 1. The topological polar surface area (TPSA) is 55.2 Å². The fourth-order valence-corrected chi connectivity index (χ4v) is 3.12. The summed E-state index contributed by atoms with van der Waals surface area (Å²) in [5.74, 6) is 1.14. The van der Waals surface area contributed by atoms with Crippen LogP contribution in [-0.4, -0.2) is 21.7 Å². The van der Waals surface area contributed by atoms with Gasteiger partial charge in [-0.05, 0) is 48.7 Å². The highest BCUT2D eigenvalue weighted by Crippen LogP contribution is 2.33. The lowest BCUT2D eigenvalue weighted by molar-refractivity contribution is 0.299. The molecule has 0 aliphatic carbocycles. The van der Waals surface area contributed by atoms with Gasteiger partial charge in [-0.15, -0.1) is 11.3 Å². The maximum atomic E-state index is 8.91. The van der Waals surface area contributed by atoms with Gasteiger partial charge < -0.3 is 9.84 Å². The van der Waals surface area contributed by atoms with E-state index in [0.29, 0.717) is 18.1 Å². The van der Waals surface area contributed by atoms with Gasteiger partial charge in [-0.2, -0.15) is 4.98 Å². The molecule has 0 unspecified atom stereocenters. The van der Waals surface area contributed by atoms with Crippen LogP contribution in [0.15, 0.2) is 30.3 Å². The van der Waals surface area contributed by atoms with Crippen LogP contribution in [0.3, 0.4) is 0 Å². The number of halogens is 1. The van der Waals surface area contributed by atoms with Gasteiger partial charge in [-0.1, -0.05) is 12.1 Å². The molecule has 0 radical (unpaired) electrons. The maximum Gasteiger partial charge on any atom is 0.232 e. The molecule has 0 saturated heterocycles. The zero-order valence-corrected chi connectivity index (χ0v) is 12.9. The van der Waals surface area contributed by atoms with Crippen LogP contribution in [0.2, 0.25) is 5.28 Å². The van der Waals surface area contributed by atoms with Crippen molar-refractivity contribution in [3.63, 3.8) is 0 Å². The first-order valence-electron chi connectivity index (χ1n) is 6.47. The van der Waals surface area contributed by atoms with Gasteiger partial charge in [-0.25, -0.2) is 4.98 Å². The number of ether oxygens (including phenoxy) is 1. The summed E-state index contributed by atoms with van der Waals surface area (Å²) in [6.07, 6.45) is 0.633. The number of aryl methyl sites for hydroxylation is 1. The van der Waals surface area contributed by atoms with Gasteiger partial charge in [0.2, 0.25) is 11.2 Å². The molecule has 108 valence electrons. The zero-order chi connectivity index (χ0) is 14.8. The molecule has 0 aliphatic heterocycles. The van der Waals surface area contributed by atoms with Gasteiger partial charge in [-0.3, -0.25) is 0 Å². The van der Waals surface area contributed by atoms with E-state index in [1.807, 2.05) is 37.3 Å². The number of hydrogen-bond acceptors (Lipinski definition) is 5. The molecule has 4 nitrogen and oxygen atoms in total. The lowest BCUT2D eigenvalue weighted by Gasteiger charge is -2.07. The van der Waals surface area contributed by atoms with Crippen LogP contribution < -0.4 is 4.74 Å². The maximum absolute atomic E-state index is 8.91. The number of rotatable bonds is 4. The summed E-state index contributed by atoms with van der Waals surface area (Å²) < 4.78 is 5.83. The molecule has 2 aromatic heterocycles. The molecule has 3 aromatic rings.